The molecule has 0 aliphatic rings. The van der Waals surface area contributed by atoms with E-state index >= 15 is 0 Å². The SMILES string of the molecule is Cc1ccc(C)c(C(=O)c2cc(Br)ccc2Br)c1C(=O)O. The molecule has 0 saturated carbocycles. The third kappa shape index (κ3) is 3.09. The molecule has 0 saturated heterocycles. The topological polar surface area (TPSA) is 54.4 Å². The molecule has 21 heavy (non-hydrogen) atoms. The lowest BCUT2D eigenvalue weighted by molar-refractivity contribution is 0.0692. The number of aromatic carboxylic acids is 1. The number of rotatable bonds is 3. The Hall–Kier alpha value is -1.46. The van der Waals surface area contributed by atoms with Crippen LogP contribution in [0.4, 0.5) is 0 Å². The number of hydrogen-bond acceptors (Lipinski definition) is 2. The van der Waals surface area contributed by atoms with E-state index < -0.39 is 5.97 Å². The minimum absolute atomic E-state index is 0.0619. The molecule has 0 amide bonds. The minimum atomic E-state index is -1.09. The summed E-state index contributed by atoms with van der Waals surface area (Å²) in [5, 5.41) is 9.42. The van der Waals surface area contributed by atoms with Crippen molar-refractivity contribution in [1.82, 2.24) is 0 Å². The van der Waals surface area contributed by atoms with Crippen LogP contribution in [0, 0.1) is 13.8 Å². The van der Waals surface area contributed by atoms with Crippen molar-refractivity contribution in [3.05, 3.63) is 67.1 Å². The van der Waals surface area contributed by atoms with E-state index in [9.17, 15) is 14.7 Å². The minimum Gasteiger partial charge on any atom is -0.478 e. The molecule has 5 heteroatoms. The summed E-state index contributed by atoms with van der Waals surface area (Å²) in [4.78, 5) is 24.3. The van der Waals surface area contributed by atoms with E-state index in [-0.39, 0.29) is 16.9 Å². The fraction of sp³-hybridized carbons (Fsp3) is 0.125. The first-order valence-electron chi connectivity index (χ1n) is 6.16. The molecule has 1 N–H and O–H groups in total. The van der Waals surface area contributed by atoms with Gasteiger partial charge in [-0.1, -0.05) is 44.0 Å². The van der Waals surface area contributed by atoms with Gasteiger partial charge >= 0.3 is 5.97 Å². The number of carboxylic acids is 1. The van der Waals surface area contributed by atoms with Gasteiger partial charge in [-0.2, -0.15) is 0 Å². The van der Waals surface area contributed by atoms with Crippen molar-refractivity contribution in [1.29, 1.82) is 0 Å². The van der Waals surface area contributed by atoms with E-state index in [1.807, 2.05) is 6.07 Å². The van der Waals surface area contributed by atoms with Gasteiger partial charge in [0, 0.05) is 20.1 Å². The van der Waals surface area contributed by atoms with Gasteiger partial charge in [-0.15, -0.1) is 0 Å². The summed E-state index contributed by atoms with van der Waals surface area (Å²) >= 11 is 6.67. The molecule has 0 fully saturated rings. The molecule has 0 aliphatic heterocycles. The van der Waals surface area contributed by atoms with Crippen LogP contribution in [0.25, 0.3) is 0 Å². The van der Waals surface area contributed by atoms with Crippen LogP contribution in [0.3, 0.4) is 0 Å². The molecule has 0 bridgehead atoms. The lowest BCUT2D eigenvalue weighted by atomic mass is 9.91. The Morgan fingerprint density at radius 3 is 2.10 bits per heavy atom. The van der Waals surface area contributed by atoms with Crippen molar-refractivity contribution >= 4 is 43.6 Å². The molecule has 0 aromatic heterocycles. The summed E-state index contributed by atoms with van der Waals surface area (Å²) in [5.74, 6) is -1.40. The Bertz CT molecular complexity index is 751. The molecule has 2 aromatic carbocycles. The molecule has 0 heterocycles. The average Bonchev–Trinajstić information content (AvgIpc) is 2.42. The molecule has 0 aliphatic carbocycles. The monoisotopic (exact) mass is 410 g/mol. The highest BCUT2D eigenvalue weighted by Crippen LogP contribution is 2.28. The first kappa shape index (κ1) is 15.9. The predicted octanol–water partition coefficient (Wildman–Crippen LogP) is 4.76. The molecule has 0 radical (unpaired) electrons. The molecule has 0 unspecified atom stereocenters. The molecule has 3 nitrogen and oxygen atoms in total. The number of aryl methyl sites for hydroxylation is 2. The number of carbonyl (C=O) groups excluding carboxylic acids is 1. The first-order chi connectivity index (χ1) is 9.82. The standard InChI is InChI=1S/C16H12Br2O3/c1-8-3-4-9(2)14(16(20)21)13(8)15(19)11-7-10(17)5-6-12(11)18/h3-7H,1-2H3,(H,20,21). The van der Waals surface area contributed by atoms with E-state index in [4.69, 9.17) is 0 Å². The second-order valence-corrected chi connectivity index (χ2v) is 6.48. The number of carbonyl (C=O) groups is 2. The maximum atomic E-state index is 12.8. The molecular weight excluding hydrogens is 400 g/mol. The average molecular weight is 412 g/mol. The zero-order valence-corrected chi connectivity index (χ0v) is 14.6. The normalized spacial score (nSPS) is 10.5. The van der Waals surface area contributed by atoms with Crippen LogP contribution in [0.5, 0.6) is 0 Å². The van der Waals surface area contributed by atoms with Gasteiger partial charge in [-0.05, 0) is 43.2 Å². The third-order valence-electron chi connectivity index (χ3n) is 3.24. The molecule has 108 valence electrons. The summed E-state index contributed by atoms with van der Waals surface area (Å²) in [6, 6.07) is 8.72. The van der Waals surface area contributed by atoms with E-state index in [1.165, 1.54) is 0 Å². The third-order valence-corrected chi connectivity index (χ3v) is 4.42. The second kappa shape index (κ2) is 6.12. The summed E-state index contributed by atoms with van der Waals surface area (Å²) in [5.41, 5.74) is 1.95. The van der Waals surface area contributed by atoms with Crippen LogP contribution in [-0.2, 0) is 0 Å². The molecular formula is C16H12Br2O3. The van der Waals surface area contributed by atoms with Crippen molar-refractivity contribution in [2.45, 2.75) is 13.8 Å². The van der Waals surface area contributed by atoms with Crippen LogP contribution in [-0.4, -0.2) is 16.9 Å². The molecule has 0 atom stereocenters. The highest BCUT2D eigenvalue weighted by Gasteiger charge is 2.23. The van der Waals surface area contributed by atoms with Crippen molar-refractivity contribution in [3.8, 4) is 0 Å². The van der Waals surface area contributed by atoms with Crippen molar-refractivity contribution in [3.63, 3.8) is 0 Å². The summed E-state index contributed by atoms with van der Waals surface area (Å²) in [7, 11) is 0. The smallest absolute Gasteiger partial charge is 0.336 e. The van der Waals surface area contributed by atoms with Gasteiger partial charge in [0.2, 0.25) is 0 Å². The van der Waals surface area contributed by atoms with Crippen LogP contribution < -0.4 is 0 Å². The van der Waals surface area contributed by atoms with Crippen LogP contribution in [0.2, 0.25) is 0 Å². The van der Waals surface area contributed by atoms with Crippen LogP contribution in [0.15, 0.2) is 39.3 Å². The Kier molecular flexibility index (Phi) is 4.64. The van der Waals surface area contributed by atoms with Crippen LogP contribution >= 0.6 is 31.9 Å². The van der Waals surface area contributed by atoms with E-state index in [2.05, 4.69) is 31.9 Å². The number of hydrogen-bond donors (Lipinski definition) is 1. The summed E-state index contributed by atoms with van der Waals surface area (Å²) < 4.78 is 1.39. The summed E-state index contributed by atoms with van der Waals surface area (Å²) in [6.07, 6.45) is 0. The fourth-order valence-corrected chi connectivity index (χ4v) is 2.97. The Balaban J connectivity index is 2.72. The largest absolute Gasteiger partial charge is 0.478 e. The van der Waals surface area contributed by atoms with Crippen LogP contribution in [0.1, 0.15) is 37.4 Å². The lowest BCUT2D eigenvalue weighted by Gasteiger charge is -2.12. The first-order valence-corrected chi connectivity index (χ1v) is 7.74. The zero-order chi connectivity index (χ0) is 15.7. The maximum Gasteiger partial charge on any atom is 0.336 e. The second-order valence-electron chi connectivity index (χ2n) is 4.71. The van der Waals surface area contributed by atoms with E-state index in [0.29, 0.717) is 21.2 Å². The molecule has 2 rings (SSSR count). The number of benzene rings is 2. The van der Waals surface area contributed by atoms with E-state index in [1.54, 1.807) is 38.1 Å². The molecule has 0 spiro atoms. The quantitative estimate of drug-likeness (QED) is 0.741. The Labute approximate surface area is 139 Å². The lowest BCUT2D eigenvalue weighted by Crippen LogP contribution is -2.14. The van der Waals surface area contributed by atoms with Gasteiger partial charge in [-0.25, -0.2) is 4.79 Å². The van der Waals surface area contributed by atoms with Gasteiger partial charge in [0.1, 0.15) is 0 Å². The number of halogens is 2. The molecule has 2 aromatic rings. The van der Waals surface area contributed by atoms with Gasteiger partial charge in [0.05, 0.1) is 5.56 Å². The predicted molar refractivity (Wildman–Crippen MR) is 88.1 cm³/mol. The van der Waals surface area contributed by atoms with Gasteiger partial charge in [0.15, 0.2) is 5.78 Å². The van der Waals surface area contributed by atoms with Crippen molar-refractivity contribution in [2.75, 3.05) is 0 Å². The van der Waals surface area contributed by atoms with Gasteiger partial charge in [0.25, 0.3) is 0 Å². The van der Waals surface area contributed by atoms with Gasteiger partial charge in [-0.3, -0.25) is 4.79 Å². The zero-order valence-electron chi connectivity index (χ0n) is 11.4. The Morgan fingerprint density at radius 2 is 1.52 bits per heavy atom. The maximum absolute atomic E-state index is 12.8. The summed E-state index contributed by atoms with van der Waals surface area (Å²) in [6.45, 7) is 3.43. The fourth-order valence-electron chi connectivity index (χ4n) is 2.19. The highest BCUT2D eigenvalue weighted by atomic mass is 79.9. The van der Waals surface area contributed by atoms with Crippen molar-refractivity contribution in [2.24, 2.45) is 0 Å². The number of carboxylic acid groups (broad SMARTS) is 1. The number of ketones is 1. The Morgan fingerprint density at radius 1 is 0.952 bits per heavy atom. The van der Waals surface area contributed by atoms with E-state index in [0.717, 1.165) is 4.47 Å². The van der Waals surface area contributed by atoms with Crippen molar-refractivity contribution < 1.29 is 14.7 Å². The van der Waals surface area contributed by atoms with Gasteiger partial charge < -0.3 is 5.11 Å². The highest BCUT2D eigenvalue weighted by molar-refractivity contribution is 9.11.